The number of likely N-dealkylation sites (tertiary alicyclic amines) is 1. The Hall–Kier alpha value is -1.79. The lowest BCUT2D eigenvalue weighted by Gasteiger charge is -2.22. The summed E-state index contributed by atoms with van der Waals surface area (Å²) in [6, 6.07) is 5.21. The first-order valence-electron chi connectivity index (χ1n) is 8.34. The molecule has 0 spiro atoms. The monoisotopic (exact) mass is 336 g/mol. The molecule has 1 N–H and O–H groups in total. The summed E-state index contributed by atoms with van der Waals surface area (Å²) in [5, 5.41) is 9.65. The van der Waals surface area contributed by atoms with Gasteiger partial charge in [-0.05, 0) is 37.7 Å². The number of hydrogen-bond acceptors (Lipinski definition) is 5. The topological polar surface area (TPSA) is 62.2 Å². The van der Waals surface area contributed by atoms with Gasteiger partial charge in [-0.3, -0.25) is 4.79 Å². The molecule has 6 nitrogen and oxygen atoms in total. The second-order valence-electron chi connectivity index (χ2n) is 6.34. The molecule has 2 rings (SSSR count). The first kappa shape index (κ1) is 18.5. The van der Waals surface area contributed by atoms with Crippen LogP contribution in [0.1, 0.15) is 17.3 Å². The second-order valence-corrected chi connectivity index (χ2v) is 6.34. The third kappa shape index (κ3) is 3.99. The van der Waals surface area contributed by atoms with Gasteiger partial charge in [0.05, 0.1) is 14.2 Å². The zero-order chi connectivity index (χ0) is 17.7. The highest BCUT2D eigenvalue weighted by Crippen LogP contribution is 2.30. The van der Waals surface area contributed by atoms with Gasteiger partial charge in [-0.15, -0.1) is 0 Å². The molecule has 1 aromatic carbocycles. The van der Waals surface area contributed by atoms with E-state index in [1.807, 2.05) is 4.90 Å². The molecule has 1 saturated heterocycles. The van der Waals surface area contributed by atoms with E-state index >= 15 is 0 Å². The molecule has 1 heterocycles. The van der Waals surface area contributed by atoms with Gasteiger partial charge in [0.15, 0.2) is 11.5 Å². The molecule has 0 bridgehead atoms. The number of carbonyl (C=O) groups is 1. The standard InChI is InChI=1S/C18H28N2O4/c1-5-19(2)9-14-10-20(11-15(14)12-21)18(22)13-6-7-16(23-3)17(8-13)24-4/h6-8,14-15,21H,5,9-12H2,1-4H3. The fourth-order valence-corrected chi connectivity index (χ4v) is 3.20. The lowest BCUT2D eigenvalue weighted by atomic mass is 9.96. The van der Waals surface area contributed by atoms with Crippen LogP contribution in [0.4, 0.5) is 0 Å². The zero-order valence-electron chi connectivity index (χ0n) is 15.0. The predicted molar refractivity (Wildman–Crippen MR) is 92.7 cm³/mol. The maximum absolute atomic E-state index is 12.8. The van der Waals surface area contributed by atoms with E-state index in [9.17, 15) is 9.90 Å². The molecular formula is C18H28N2O4. The van der Waals surface area contributed by atoms with Crippen LogP contribution in [0, 0.1) is 11.8 Å². The van der Waals surface area contributed by atoms with Crippen molar-refractivity contribution in [2.45, 2.75) is 6.92 Å². The molecule has 1 aromatic rings. The number of nitrogens with zero attached hydrogens (tertiary/aromatic N) is 2. The van der Waals surface area contributed by atoms with E-state index in [0.717, 1.165) is 13.1 Å². The van der Waals surface area contributed by atoms with Crippen molar-refractivity contribution in [3.8, 4) is 11.5 Å². The van der Waals surface area contributed by atoms with E-state index in [4.69, 9.17) is 9.47 Å². The van der Waals surface area contributed by atoms with Gasteiger partial charge in [0, 0.05) is 37.7 Å². The minimum absolute atomic E-state index is 0.0314. The summed E-state index contributed by atoms with van der Waals surface area (Å²) in [4.78, 5) is 16.9. The molecule has 24 heavy (non-hydrogen) atoms. The molecule has 1 aliphatic heterocycles. The van der Waals surface area contributed by atoms with Crippen LogP contribution in [-0.2, 0) is 0 Å². The Balaban J connectivity index is 2.12. The first-order chi connectivity index (χ1) is 11.5. The van der Waals surface area contributed by atoms with E-state index in [2.05, 4.69) is 18.9 Å². The van der Waals surface area contributed by atoms with Crippen molar-refractivity contribution in [2.24, 2.45) is 11.8 Å². The van der Waals surface area contributed by atoms with Crippen molar-refractivity contribution in [3.05, 3.63) is 23.8 Å². The number of ether oxygens (including phenoxy) is 2. The minimum Gasteiger partial charge on any atom is -0.493 e. The average molecular weight is 336 g/mol. The maximum atomic E-state index is 12.8. The third-order valence-corrected chi connectivity index (χ3v) is 4.81. The average Bonchev–Trinajstić information content (AvgIpc) is 3.02. The highest BCUT2D eigenvalue weighted by atomic mass is 16.5. The van der Waals surface area contributed by atoms with Crippen LogP contribution in [0.2, 0.25) is 0 Å². The maximum Gasteiger partial charge on any atom is 0.254 e. The highest BCUT2D eigenvalue weighted by molar-refractivity contribution is 5.95. The summed E-state index contributed by atoms with van der Waals surface area (Å²) in [5.74, 6) is 1.54. The lowest BCUT2D eigenvalue weighted by molar-refractivity contribution is 0.0779. The van der Waals surface area contributed by atoms with Crippen molar-refractivity contribution in [3.63, 3.8) is 0 Å². The smallest absolute Gasteiger partial charge is 0.254 e. The fraction of sp³-hybridized carbons (Fsp3) is 0.611. The van der Waals surface area contributed by atoms with Gasteiger partial charge in [-0.2, -0.15) is 0 Å². The molecule has 1 amide bonds. The van der Waals surface area contributed by atoms with Crippen LogP contribution in [0.3, 0.4) is 0 Å². The Kier molecular flexibility index (Phi) is 6.45. The Bertz CT molecular complexity index is 564. The van der Waals surface area contributed by atoms with Crippen LogP contribution in [0.25, 0.3) is 0 Å². The van der Waals surface area contributed by atoms with E-state index in [1.165, 1.54) is 0 Å². The Morgan fingerprint density at radius 3 is 2.50 bits per heavy atom. The van der Waals surface area contributed by atoms with Gasteiger partial charge >= 0.3 is 0 Å². The van der Waals surface area contributed by atoms with Gasteiger partial charge in [0.2, 0.25) is 0 Å². The number of methoxy groups -OCH3 is 2. The Morgan fingerprint density at radius 1 is 1.25 bits per heavy atom. The molecule has 2 atom stereocenters. The molecule has 0 radical (unpaired) electrons. The fourth-order valence-electron chi connectivity index (χ4n) is 3.20. The molecule has 6 heteroatoms. The van der Waals surface area contributed by atoms with Gasteiger partial charge in [-0.1, -0.05) is 6.92 Å². The molecule has 0 aromatic heterocycles. The summed E-state index contributed by atoms with van der Waals surface area (Å²) in [5.41, 5.74) is 0.578. The van der Waals surface area contributed by atoms with Crippen LogP contribution < -0.4 is 9.47 Å². The number of carbonyl (C=O) groups excluding carboxylic acids is 1. The molecule has 1 fully saturated rings. The molecule has 0 aliphatic carbocycles. The van der Waals surface area contributed by atoms with E-state index in [1.54, 1.807) is 32.4 Å². The summed E-state index contributed by atoms with van der Waals surface area (Å²) in [7, 11) is 5.19. The largest absolute Gasteiger partial charge is 0.493 e. The minimum atomic E-state index is -0.0314. The molecular weight excluding hydrogens is 308 g/mol. The summed E-state index contributed by atoms with van der Waals surface area (Å²) < 4.78 is 10.5. The Morgan fingerprint density at radius 2 is 1.92 bits per heavy atom. The number of amides is 1. The van der Waals surface area contributed by atoms with Crippen molar-refractivity contribution in [1.82, 2.24) is 9.80 Å². The number of rotatable bonds is 7. The van der Waals surface area contributed by atoms with Crippen LogP contribution in [-0.4, -0.2) is 74.9 Å². The number of aliphatic hydroxyl groups is 1. The van der Waals surface area contributed by atoms with Crippen molar-refractivity contribution in [1.29, 1.82) is 0 Å². The third-order valence-electron chi connectivity index (χ3n) is 4.81. The van der Waals surface area contributed by atoms with Gasteiger partial charge in [-0.25, -0.2) is 0 Å². The SMILES string of the molecule is CCN(C)CC1CN(C(=O)c2ccc(OC)c(OC)c2)CC1CO. The summed E-state index contributed by atoms with van der Waals surface area (Å²) in [6.07, 6.45) is 0. The van der Waals surface area contributed by atoms with Crippen LogP contribution in [0.5, 0.6) is 11.5 Å². The van der Waals surface area contributed by atoms with Crippen molar-refractivity contribution in [2.75, 3.05) is 54.1 Å². The van der Waals surface area contributed by atoms with E-state index in [0.29, 0.717) is 36.1 Å². The molecule has 0 saturated carbocycles. The van der Waals surface area contributed by atoms with Gasteiger partial charge in [0.1, 0.15) is 0 Å². The van der Waals surface area contributed by atoms with Crippen LogP contribution >= 0.6 is 0 Å². The quantitative estimate of drug-likeness (QED) is 0.814. The second kappa shape index (κ2) is 8.35. The predicted octanol–water partition coefficient (Wildman–Crippen LogP) is 1.34. The highest BCUT2D eigenvalue weighted by Gasteiger charge is 2.35. The lowest BCUT2D eigenvalue weighted by Crippen LogP contribution is -2.32. The molecule has 1 aliphatic rings. The van der Waals surface area contributed by atoms with E-state index in [-0.39, 0.29) is 18.4 Å². The van der Waals surface area contributed by atoms with Gasteiger partial charge < -0.3 is 24.4 Å². The zero-order valence-corrected chi connectivity index (χ0v) is 15.0. The van der Waals surface area contributed by atoms with Gasteiger partial charge in [0.25, 0.3) is 5.91 Å². The molecule has 2 unspecified atom stereocenters. The van der Waals surface area contributed by atoms with Crippen molar-refractivity contribution >= 4 is 5.91 Å². The van der Waals surface area contributed by atoms with Crippen molar-refractivity contribution < 1.29 is 19.4 Å². The summed E-state index contributed by atoms with van der Waals surface area (Å²) >= 11 is 0. The Labute approximate surface area is 144 Å². The van der Waals surface area contributed by atoms with E-state index < -0.39 is 0 Å². The normalized spacial score (nSPS) is 20.5. The molecule has 134 valence electrons. The number of aliphatic hydroxyl groups excluding tert-OH is 1. The first-order valence-corrected chi connectivity index (χ1v) is 8.34. The number of benzene rings is 1. The number of hydrogen-bond donors (Lipinski definition) is 1. The van der Waals surface area contributed by atoms with Crippen LogP contribution in [0.15, 0.2) is 18.2 Å². The summed E-state index contributed by atoms with van der Waals surface area (Å²) in [6.45, 7) is 5.32.